The highest BCUT2D eigenvalue weighted by molar-refractivity contribution is 9.10. The molecule has 1 saturated carbocycles. The maximum atomic E-state index is 12.6. The molecule has 0 heterocycles. The molecule has 0 amide bonds. The Morgan fingerprint density at radius 2 is 2.00 bits per heavy atom. The molecule has 1 fully saturated rings. The van der Waals surface area contributed by atoms with Crippen LogP contribution in [0.2, 0.25) is 0 Å². The Hall–Kier alpha value is -0.830. The van der Waals surface area contributed by atoms with E-state index in [1.807, 2.05) is 0 Å². The minimum Gasteiger partial charge on any atom is -0.469 e. The molecule has 3 heteroatoms. The zero-order valence-corrected chi connectivity index (χ0v) is 17.1. The predicted molar refractivity (Wildman–Crippen MR) is 101 cm³/mol. The monoisotopic (exact) mass is 392 g/mol. The fourth-order valence-electron chi connectivity index (χ4n) is 5.43. The number of carbonyl (C=O) groups excluding carboxylic acids is 1. The number of fused-ring (bicyclic) bond motifs is 3. The van der Waals surface area contributed by atoms with Gasteiger partial charge in [0.25, 0.3) is 0 Å². The Labute approximate surface area is 154 Å². The topological polar surface area (TPSA) is 26.3 Å². The summed E-state index contributed by atoms with van der Waals surface area (Å²) >= 11 is 3.80. The van der Waals surface area contributed by atoms with E-state index in [4.69, 9.17) is 4.74 Å². The van der Waals surface area contributed by atoms with Gasteiger partial charge in [-0.2, -0.15) is 0 Å². The Balaban J connectivity index is 2.11. The van der Waals surface area contributed by atoms with Crippen LogP contribution >= 0.6 is 15.9 Å². The molecule has 24 heavy (non-hydrogen) atoms. The molecule has 0 spiro atoms. The number of methoxy groups -OCH3 is 1. The standard InChI is InChI=1S/C21H29BrO2/c1-13(2)15-11-14-7-8-18-20(3,16(14)12-17(15)22)9-6-10-21(18,4)19(23)24-5/h11-13,18H,6-10H2,1-5H3/t18?,20-,21-/m1/s1. The fraction of sp³-hybridized carbons (Fsp3) is 0.667. The first-order valence-corrected chi connectivity index (χ1v) is 9.94. The van der Waals surface area contributed by atoms with Gasteiger partial charge in [0.2, 0.25) is 0 Å². The lowest BCUT2D eigenvalue weighted by atomic mass is 9.49. The summed E-state index contributed by atoms with van der Waals surface area (Å²) in [6.07, 6.45) is 5.33. The number of esters is 1. The second-order valence-corrected chi connectivity index (χ2v) is 9.31. The molecular weight excluding hydrogens is 364 g/mol. The summed E-state index contributed by atoms with van der Waals surface area (Å²) in [5, 5.41) is 0. The van der Waals surface area contributed by atoms with E-state index in [-0.39, 0.29) is 16.8 Å². The normalized spacial score (nSPS) is 32.2. The molecule has 0 bridgehead atoms. The van der Waals surface area contributed by atoms with Crippen molar-refractivity contribution in [2.24, 2.45) is 11.3 Å². The van der Waals surface area contributed by atoms with Crippen LogP contribution in [0.3, 0.4) is 0 Å². The summed E-state index contributed by atoms with van der Waals surface area (Å²) in [7, 11) is 1.53. The summed E-state index contributed by atoms with van der Waals surface area (Å²) in [5.41, 5.74) is 4.03. The van der Waals surface area contributed by atoms with Crippen LogP contribution in [0.25, 0.3) is 0 Å². The van der Waals surface area contributed by atoms with Gasteiger partial charge in [0.1, 0.15) is 0 Å². The highest BCUT2D eigenvalue weighted by Gasteiger charge is 2.55. The highest BCUT2D eigenvalue weighted by Crippen LogP contribution is 2.58. The van der Waals surface area contributed by atoms with Crippen molar-refractivity contribution in [3.05, 3.63) is 33.3 Å². The summed E-state index contributed by atoms with van der Waals surface area (Å²) in [5.74, 6) is 0.845. The van der Waals surface area contributed by atoms with Crippen LogP contribution in [-0.4, -0.2) is 13.1 Å². The van der Waals surface area contributed by atoms with E-state index in [2.05, 4.69) is 55.8 Å². The minimum absolute atomic E-state index is 0.0280. The van der Waals surface area contributed by atoms with Crippen molar-refractivity contribution in [3.63, 3.8) is 0 Å². The molecule has 1 aromatic rings. The molecule has 2 aliphatic carbocycles. The molecule has 3 rings (SSSR count). The second kappa shape index (κ2) is 6.16. The van der Waals surface area contributed by atoms with Gasteiger partial charge < -0.3 is 4.74 Å². The van der Waals surface area contributed by atoms with Crippen molar-refractivity contribution >= 4 is 21.9 Å². The van der Waals surface area contributed by atoms with Crippen LogP contribution < -0.4 is 0 Å². The molecule has 0 radical (unpaired) electrons. The molecule has 3 atom stereocenters. The van der Waals surface area contributed by atoms with Gasteiger partial charge >= 0.3 is 5.97 Å². The van der Waals surface area contributed by atoms with Gasteiger partial charge in [-0.15, -0.1) is 0 Å². The SMILES string of the molecule is COC(=O)[C@]1(C)CCC[C@]2(C)c3cc(Br)c(C(C)C)cc3CCC12. The van der Waals surface area contributed by atoms with E-state index < -0.39 is 0 Å². The number of benzene rings is 1. The fourth-order valence-corrected chi connectivity index (χ4v) is 6.23. The maximum Gasteiger partial charge on any atom is 0.311 e. The molecule has 0 N–H and O–H groups in total. The van der Waals surface area contributed by atoms with Crippen LogP contribution in [0.15, 0.2) is 16.6 Å². The van der Waals surface area contributed by atoms with E-state index in [0.29, 0.717) is 11.8 Å². The first kappa shape index (κ1) is 18.0. The van der Waals surface area contributed by atoms with Crippen LogP contribution in [0, 0.1) is 11.3 Å². The lowest BCUT2D eigenvalue weighted by Crippen LogP contribution is -2.52. The van der Waals surface area contributed by atoms with Crippen molar-refractivity contribution in [1.82, 2.24) is 0 Å². The lowest BCUT2D eigenvalue weighted by Gasteiger charge is -2.54. The molecule has 1 aromatic carbocycles. The minimum atomic E-state index is -0.358. The average molecular weight is 393 g/mol. The molecule has 1 unspecified atom stereocenters. The van der Waals surface area contributed by atoms with Crippen molar-refractivity contribution in [1.29, 1.82) is 0 Å². The van der Waals surface area contributed by atoms with Crippen LogP contribution in [0.4, 0.5) is 0 Å². The van der Waals surface area contributed by atoms with E-state index in [1.165, 1.54) is 28.3 Å². The van der Waals surface area contributed by atoms with Crippen molar-refractivity contribution in [2.75, 3.05) is 7.11 Å². The Kier molecular flexibility index (Phi) is 4.61. The Morgan fingerprint density at radius 1 is 1.29 bits per heavy atom. The molecule has 132 valence electrons. The predicted octanol–water partition coefficient (Wildman–Crippen LogP) is 5.76. The first-order valence-electron chi connectivity index (χ1n) is 9.15. The zero-order valence-electron chi connectivity index (χ0n) is 15.5. The van der Waals surface area contributed by atoms with Crippen LogP contribution in [0.1, 0.15) is 76.0 Å². The van der Waals surface area contributed by atoms with Crippen molar-refractivity contribution < 1.29 is 9.53 Å². The largest absolute Gasteiger partial charge is 0.469 e. The van der Waals surface area contributed by atoms with Gasteiger partial charge in [-0.3, -0.25) is 4.79 Å². The summed E-state index contributed by atoms with van der Waals surface area (Å²) in [4.78, 5) is 12.6. The number of hydrogen-bond acceptors (Lipinski definition) is 2. The molecule has 2 nitrogen and oxygen atoms in total. The van der Waals surface area contributed by atoms with E-state index in [9.17, 15) is 4.79 Å². The van der Waals surface area contributed by atoms with Gasteiger partial charge in [0, 0.05) is 4.47 Å². The van der Waals surface area contributed by atoms with Gasteiger partial charge in [-0.05, 0) is 72.6 Å². The third-order valence-corrected chi connectivity index (χ3v) is 7.43. The lowest BCUT2D eigenvalue weighted by molar-refractivity contribution is -0.161. The zero-order chi connectivity index (χ0) is 17.7. The quantitative estimate of drug-likeness (QED) is 0.598. The molecule has 0 saturated heterocycles. The number of carbonyl (C=O) groups is 1. The van der Waals surface area contributed by atoms with Crippen LogP contribution in [0.5, 0.6) is 0 Å². The van der Waals surface area contributed by atoms with Crippen LogP contribution in [-0.2, 0) is 21.4 Å². The maximum absolute atomic E-state index is 12.6. The number of rotatable bonds is 2. The first-order chi connectivity index (χ1) is 11.2. The van der Waals surface area contributed by atoms with Gasteiger partial charge in [-0.1, -0.05) is 49.2 Å². The van der Waals surface area contributed by atoms with Gasteiger partial charge in [0.05, 0.1) is 12.5 Å². The smallest absolute Gasteiger partial charge is 0.311 e. The molecule has 0 aromatic heterocycles. The summed E-state index contributed by atoms with van der Waals surface area (Å²) in [6.45, 7) is 8.99. The third kappa shape index (κ3) is 2.55. The van der Waals surface area contributed by atoms with Gasteiger partial charge in [0.15, 0.2) is 0 Å². The molecule has 0 aliphatic heterocycles. The van der Waals surface area contributed by atoms with Crippen molar-refractivity contribution in [3.8, 4) is 0 Å². The summed E-state index contributed by atoms with van der Waals surface area (Å²) < 4.78 is 6.41. The second-order valence-electron chi connectivity index (χ2n) is 8.46. The van der Waals surface area contributed by atoms with E-state index in [0.717, 1.165) is 32.1 Å². The van der Waals surface area contributed by atoms with Gasteiger partial charge in [-0.25, -0.2) is 0 Å². The third-order valence-electron chi connectivity index (χ3n) is 6.74. The number of ether oxygens (including phenoxy) is 1. The summed E-state index contributed by atoms with van der Waals surface area (Å²) in [6, 6.07) is 4.75. The number of halogens is 1. The van der Waals surface area contributed by atoms with Crippen molar-refractivity contribution in [2.45, 2.75) is 71.1 Å². The Morgan fingerprint density at radius 3 is 2.62 bits per heavy atom. The highest BCUT2D eigenvalue weighted by atomic mass is 79.9. The van der Waals surface area contributed by atoms with E-state index >= 15 is 0 Å². The molecular formula is C21H29BrO2. The Bertz CT molecular complexity index is 666. The van der Waals surface area contributed by atoms with E-state index in [1.54, 1.807) is 0 Å². The average Bonchev–Trinajstić information content (AvgIpc) is 2.53. The number of hydrogen-bond donors (Lipinski definition) is 0. The number of aryl methyl sites for hydroxylation is 1. The molecule has 2 aliphatic rings.